The second-order valence-electron chi connectivity index (χ2n) is 12.6. The highest BCUT2D eigenvalue weighted by atomic mass is 35.5. The van der Waals surface area contributed by atoms with E-state index >= 15 is 0 Å². The predicted octanol–water partition coefficient (Wildman–Crippen LogP) is 7.80. The van der Waals surface area contributed by atoms with Crippen LogP contribution in [0, 0.1) is 17.8 Å². The molecule has 228 valence electrons. The minimum atomic E-state index is -0.599. The molecule has 12 heteroatoms. The van der Waals surface area contributed by atoms with Crippen molar-refractivity contribution in [2.45, 2.75) is 45.1 Å². The summed E-state index contributed by atoms with van der Waals surface area (Å²) in [6.45, 7) is 7.29. The van der Waals surface area contributed by atoms with Crippen molar-refractivity contribution in [1.82, 2.24) is 19.5 Å². The third kappa shape index (κ3) is 5.71. The third-order valence-corrected chi connectivity index (χ3v) is 9.59. The summed E-state index contributed by atoms with van der Waals surface area (Å²) in [4.78, 5) is 23.9. The molecule has 2 unspecified atom stereocenters. The molecule has 1 saturated heterocycles. The van der Waals surface area contributed by atoms with Crippen LogP contribution in [0.15, 0.2) is 41.2 Å². The number of ether oxygens (including phenoxy) is 2. The fourth-order valence-electron chi connectivity index (χ4n) is 5.91. The standard InChI is InChI=1S/C32H31Cl2N5O4S/c1-32(2,3)42-30(40)18-9-17(10-19(11-18)41-4)29-36-31(38-44-29)39-14-22-20(23(22)15-39)7-8-21-27(37-43-28(21)16-5-6-16)26-24(33)12-35-13-25(26)34/h7-13,16,20,22-23H,5-6,14-15H2,1-4H3/b8-7+. The molecule has 4 heterocycles. The molecular weight excluding hydrogens is 621 g/mol. The molecular formula is C32H31Cl2N5O4S. The van der Waals surface area contributed by atoms with Crippen LogP contribution >= 0.6 is 34.7 Å². The summed E-state index contributed by atoms with van der Waals surface area (Å²) in [5, 5.41) is 6.01. The van der Waals surface area contributed by atoms with Crippen molar-refractivity contribution in [3.63, 3.8) is 0 Å². The van der Waals surface area contributed by atoms with E-state index in [0.717, 1.165) is 47.8 Å². The number of aromatic nitrogens is 4. The molecule has 2 atom stereocenters. The zero-order valence-corrected chi connectivity index (χ0v) is 27.0. The Bertz CT molecular complexity index is 1740. The molecule has 0 amide bonds. The molecule has 3 aliphatic rings. The van der Waals surface area contributed by atoms with Crippen molar-refractivity contribution in [1.29, 1.82) is 0 Å². The Labute approximate surface area is 269 Å². The van der Waals surface area contributed by atoms with Crippen LogP contribution in [-0.2, 0) is 4.74 Å². The van der Waals surface area contributed by atoms with Crippen LogP contribution < -0.4 is 9.64 Å². The average Bonchev–Trinajstić information content (AvgIpc) is 3.71. The lowest BCUT2D eigenvalue weighted by Crippen LogP contribution is -2.24. The molecule has 0 bridgehead atoms. The number of hydrogen-bond acceptors (Lipinski definition) is 10. The molecule has 7 rings (SSSR count). The second-order valence-corrected chi connectivity index (χ2v) is 14.1. The van der Waals surface area contributed by atoms with E-state index in [9.17, 15) is 4.79 Å². The number of hydrogen-bond donors (Lipinski definition) is 0. The first-order chi connectivity index (χ1) is 21.1. The third-order valence-electron chi connectivity index (χ3n) is 8.26. The number of halogens is 2. The van der Waals surface area contributed by atoms with Gasteiger partial charge < -0.3 is 18.9 Å². The van der Waals surface area contributed by atoms with Gasteiger partial charge in [-0.25, -0.2) is 4.79 Å². The van der Waals surface area contributed by atoms with Gasteiger partial charge in [0.25, 0.3) is 0 Å². The van der Waals surface area contributed by atoms with Gasteiger partial charge in [-0.15, -0.1) is 0 Å². The smallest absolute Gasteiger partial charge is 0.338 e. The Balaban J connectivity index is 1.05. The summed E-state index contributed by atoms with van der Waals surface area (Å²) in [5.41, 5.74) is 2.86. The van der Waals surface area contributed by atoms with Gasteiger partial charge in [-0.1, -0.05) is 40.5 Å². The van der Waals surface area contributed by atoms with E-state index in [1.165, 1.54) is 11.5 Å². The summed E-state index contributed by atoms with van der Waals surface area (Å²) < 4.78 is 21.5. The number of piperidine rings is 1. The zero-order chi connectivity index (χ0) is 30.7. The van der Waals surface area contributed by atoms with E-state index in [4.69, 9.17) is 42.2 Å². The highest BCUT2D eigenvalue weighted by molar-refractivity contribution is 7.09. The van der Waals surface area contributed by atoms with E-state index in [1.54, 1.807) is 31.6 Å². The summed E-state index contributed by atoms with van der Waals surface area (Å²) in [7, 11) is 1.57. The van der Waals surface area contributed by atoms with Crippen molar-refractivity contribution < 1.29 is 18.8 Å². The van der Waals surface area contributed by atoms with Crippen LogP contribution in [0.25, 0.3) is 27.9 Å². The van der Waals surface area contributed by atoms with Crippen LogP contribution in [0.3, 0.4) is 0 Å². The number of methoxy groups -OCH3 is 1. The second kappa shape index (κ2) is 11.2. The van der Waals surface area contributed by atoms with E-state index in [1.807, 2.05) is 26.8 Å². The quantitative estimate of drug-likeness (QED) is 0.176. The van der Waals surface area contributed by atoms with Crippen LogP contribution in [0.4, 0.5) is 5.95 Å². The molecule has 0 spiro atoms. The molecule has 3 aromatic heterocycles. The Morgan fingerprint density at radius 3 is 2.50 bits per heavy atom. The van der Waals surface area contributed by atoms with E-state index < -0.39 is 11.6 Å². The number of allylic oxidation sites excluding steroid dienone is 1. The molecule has 2 saturated carbocycles. The summed E-state index contributed by atoms with van der Waals surface area (Å²) in [6, 6.07) is 5.32. The summed E-state index contributed by atoms with van der Waals surface area (Å²) in [6.07, 6.45) is 9.77. The minimum Gasteiger partial charge on any atom is -0.497 e. The fourth-order valence-corrected chi connectivity index (χ4v) is 7.13. The van der Waals surface area contributed by atoms with E-state index in [-0.39, 0.29) is 0 Å². The first-order valence-corrected chi connectivity index (χ1v) is 16.1. The molecule has 3 fully saturated rings. The Kier molecular flexibility index (Phi) is 7.42. The maximum atomic E-state index is 12.8. The van der Waals surface area contributed by atoms with E-state index in [2.05, 4.69) is 31.6 Å². The fraction of sp³-hybridized carbons (Fsp3) is 0.406. The zero-order valence-electron chi connectivity index (χ0n) is 24.7. The Morgan fingerprint density at radius 2 is 1.84 bits per heavy atom. The molecule has 9 nitrogen and oxygen atoms in total. The number of pyridine rings is 1. The van der Waals surface area contributed by atoms with Crippen molar-refractivity contribution in [2.24, 2.45) is 17.8 Å². The average molecular weight is 653 g/mol. The Morgan fingerprint density at radius 1 is 1.11 bits per heavy atom. The van der Waals surface area contributed by atoms with Gasteiger partial charge in [-0.2, -0.15) is 9.36 Å². The predicted molar refractivity (Wildman–Crippen MR) is 171 cm³/mol. The summed E-state index contributed by atoms with van der Waals surface area (Å²) in [5.74, 6) is 3.66. The monoisotopic (exact) mass is 651 g/mol. The molecule has 1 aliphatic heterocycles. The van der Waals surface area contributed by atoms with Crippen LogP contribution in [0.2, 0.25) is 10.0 Å². The number of esters is 1. The maximum Gasteiger partial charge on any atom is 0.338 e. The van der Waals surface area contributed by atoms with Gasteiger partial charge >= 0.3 is 5.97 Å². The first kappa shape index (κ1) is 29.3. The SMILES string of the molecule is COc1cc(C(=O)OC(C)(C)C)cc(-c2nc(N3CC4C(/C=C/c5c(-c6c(Cl)cncc6Cl)noc5C5CC5)C4C3)ns2)c1. The number of rotatable bonds is 8. The molecule has 2 aliphatic carbocycles. The molecule has 0 radical (unpaired) electrons. The van der Waals surface area contributed by atoms with Crippen molar-refractivity contribution in [3.8, 4) is 27.6 Å². The number of fused-ring (bicyclic) bond motifs is 1. The number of carbonyl (C=O) groups is 1. The number of anilines is 1. The van der Waals surface area contributed by atoms with Crippen LogP contribution in [0.5, 0.6) is 5.75 Å². The van der Waals surface area contributed by atoms with Gasteiger partial charge in [0.2, 0.25) is 5.95 Å². The maximum absolute atomic E-state index is 12.8. The molecule has 0 N–H and O–H groups in total. The number of carbonyl (C=O) groups excluding carboxylic acids is 1. The van der Waals surface area contributed by atoms with Gasteiger partial charge in [0, 0.05) is 48.1 Å². The van der Waals surface area contributed by atoms with Crippen molar-refractivity contribution in [2.75, 3.05) is 25.1 Å². The Hall–Kier alpha value is -3.47. The van der Waals surface area contributed by atoms with Gasteiger partial charge in [0.1, 0.15) is 27.8 Å². The molecule has 4 aromatic rings. The molecule has 1 aromatic carbocycles. The van der Waals surface area contributed by atoms with E-state index in [0.29, 0.717) is 62.2 Å². The first-order valence-electron chi connectivity index (χ1n) is 14.6. The number of nitrogens with zero attached hydrogens (tertiary/aromatic N) is 5. The minimum absolute atomic E-state index is 0.388. The lowest BCUT2D eigenvalue weighted by molar-refractivity contribution is 0.00692. The number of benzene rings is 1. The topological polar surface area (TPSA) is 103 Å². The van der Waals surface area contributed by atoms with Gasteiger partial charge in [-0.05, 0) is 81.1 Å². The normalized spacial score (nSPS) is 21.1. The van der Waals surface area contributed by atoms with Crippen LogP contribution in [-0.4, -0.2) is 51.3 Å². The lowest BCUT2D eigenvalue weighted by atomic mass is 10.0. The van der Waals surface area contributed by atoms with Crippen molar-refractivity contribution in [3.05, 3.63) is 63.6 Å². The van der Waals surface area contributed by atoms with Gasteiger partial charge in [-0.3, -0.25) is 4.98 Å². The largest absolute Gasteiger partial charge is 0.497 e. The van der Waals surface area contributed by atoms with Gasteiger partial charge in [0.15, 0.2) is 0 Å². The highest BCUT2D eigenvalue weighted by Crippen LogP contribution is 2.54. The highest BCUT2D eigenvalue weighted by Gasteiger charge is 2.55. The lowest BCUT2D eigenvalue weighted by Gasteiger charge is -2.19. The van der Waals surface area contributed by atoms with Crippen LogP contribution in [0.1, 0.15) is 61.2 Å². The van der Waals surface area contributed by atoms with Gasteiger partial charge in [0.05, 0.1) is 22.7 Å². The summed E-state index contributed by atoms with van der Waals surface area (Å²) >= 11 is 14.3. The van der Waals surface area contributed by atoms with Crippen molar-refractivity contribution >= 4 is 52.7 Å². The molecule has 44 heavy (non-hydrogen) atoms.